The third kappa shape index (κ3) is 3.37. The summed E-state index contributed by atoms with van der Waals surface area (Å²) in [4.78, 5) is 0. The van der Waals surface area contributed by atoms with Gasteiger partial charge in [0.2, 0.25) is 0 Å². The Morgan fingerprint density at radius 3 is 2.37 bits per heavy atom. The van der Waals surface area contributed by atoms with Gasteiger partial charge in [-0.15, -0.1) is 0 Å². The maximum atomic E-state index is 5.13. The lowest BCUT2D eigenvalue weighted by atomic mass is 9.77. The van der Waals surface area contributed by atoms with Gasteiger partial charge in [0.25, 0.3) is 0 Å². The van der Waals surface area contributed by atoms with Gasteiger partial charge < -0.3 is 10.1 Å². The van der Waals surface area contributed by atoms with Crippen molar-refractivity contribution in [3.63, 3.8) is 0 Å². The third-order valence-electron chi connectivity index (χ3n) is 4.64. The Morgan fingerprint density at radius 2 is 1.84 bits per heavy atom. The summed E-state index contributed by atoms with van der Waals surface area (Å²) >= 11 is 0. The normalized spacial score (nSPS) is 19.5. The van der Waals surface area contributed by atoms with Gasteiger partial charge in [-0.05, 0) is 42.9 Å². The van der Waals surface area contributed by atoms with Gasteiger partial charge in [-0.3, -0.25) is 0 Å². The van der Waals surface area contributed by atoms with Crippen LogP contribution < -0.4 is 5.32 Å². The molecule has 1 atom stereocenters. The fourth-order valence-corrected chi connectivity index (χ4v) is 3.49. The number of methoxy groups -OCH3 is 1. The fraction of sp³-hybridized carbons (Fsp3) is 0.647. The molecule has 2 heteroatoms. The molecule has 1 aromatic carbocycles. The van der Waals surface area contributed by atoms with Gasteiger partial charge in [0.05, 0.1) is 6.61 Å². The summed E-state index contributed by atoms with van der Waals surface area (Å²) in [6.07, 6.45) is 6.42. The second kappa shape index (κ2) is 6.53. The highest BCUT2D eigenvalue weighted by Gasteiger charge is 2.36. The number of benzene rings is 1. The van der Waals surface area contributed by atoms with Crippen molar-refractivity contribution in [2.75, 3.05) is 20.8 Å². The van der Waals surface area contributed by atoms with Crippen molar-refractivity contribution >= 4 is 0 Å². The summed E-state index contributed by atoms with van der Waals surface area (Å²) in [6.45, 7) is 3.23. The standard InChI is InChI=1S/C17H27NO/c1-17(11-4-5-12-17)16(18-2)15-8-6-14(7-9-15)10-13-19-3/h6-9,16,18H,4-5,10-13H2,1-3H3. The zero-order valence-electron chi connectivity index (χ0n) is 12.5. The molecular weight excluding hydrogens is 234 g/mol. The lowest BCUT2D eigenvalue weighted by Gasteiger charge is -2.34. The molecule has 0 aromatic heterocycles. The number of rotatable bonds is 6. The molecule has 1 unspecified atom stereocenters. The van der Waals surface area contributed by atoms with Crippen LogP contribution in [0.4, 0.5) is 0 Å². The van der Waals surface area contributed by atoms with E-state index in [9.17, 15) is 0 Å². The molecule has 0 spiro atoms. The highest BCUT2D eigenvalue weighted by Crippen LogP contribution is 2.46. The number of hydrogen-bond acceptors (Lipinski definition) is 2. The van der Waals surface area contributed by atoms with Crippen LogP contribution in [-0.2, 0) is 11.2 Å². The van der Waals surface area contributed by atoms with Crippen LogP contribution in [0.1, 0.15) is 49.8 Å². The molecule has 1 fully saturated rings. The molecule has 2 nitrogen and oxygen atoms in total. The van der Waals surface area contributed by atoms with E-state index in [2.05, 4.69) is 43.6 Å². The zero-order valence-corrected chi connectivity index (χ0v) is 12.5. The van der Waals surface area contributed by atoms with Crippen LogP contribution in [0.3, 0.4) is 0 Å². The van der Waals surface area contributed by atoms with Crippen molar-refractivity contribution in [1.82, 2.24) is 5.32 Å². The molecular formula is C17H27NO. The summed E-state index contributed by atoms with van der Waals surface area (Å²) < 4.78 is 5.13. The van der Waals surface area contributed by atoms with E-state index in [1.165, 1.54) is 36.8 Å². The van der Waals surface area contributed by atoms with Crippen LogP contribution in [0.5, 0.6) is 0 Å². The predicted octanol–water partition coefficient (Wildman–Crippen LogP) is 3.72. The van der Waals surface area contributed by atoms with Gasteiger partial charge in [0.15, 0.2) is 0 Å². The highest BCUT2D eigenvalue weighted by atomic mass is 16.5. The van der Waals surface area contributed by atoms with Crippen LogP contribution in [0, 0.1) is 5.41 Å². The summed E-state index contributed by atoms with van der Waals surface area (Å²) in [7, 11) is 3.85. The van der Waals surface area contributed by atoms with Gasteiger partial charge in [0, 0.05) is 13.2 Å². The van der Waals surface area contributed by atoms with E-state index < -0.39 is 0 Å². The lowest BCUT2D eigenvalue weighted by Crippen LogP contribution is -2.32. The first-order valence-electron chi connectivity index (χ1n) is 7.44. The highest BCUT2D eigenvalue weighted by molar-refractivity contribution is 5.27. The zero-order chi connectivity index (χ0) is 13.7. The van der Waals surface area contributed by atoms with Gasteiger partial charge in [-0.1, -0.05) is 44.0 Å². The average Bonchev–Trinajstić information content (AvgIpc) is 2.86. The van der Waals surface area contributed by atoms with Crippen molar-refractivity contribution in [3.8, 4) is 0 Å². The molecule has 1 saturated carbocycles. The lowest BCUT2D eigenvalue weighted by molar-refractivity contribution is 0.202. The van der Waals surface area contributed by atoms with Crippen LogP contribution in [-0.4, -0.2) is 20.8 Å². The first-order valence-corrected chi connectivity index (χ1v) is 7.44. The molecule has 1 aliphatic rings. The summed E-state index contributed by atoms with van der Waals surface area (Å²) in [5.41, 5.74) is 3.20. The van der Waals surface area contributed by atoms with E-state index in [4.69, 9.17) is 4.74 Å². The molecule has 2 rings (SSSR count). The maximum absolute atomic E-state index is 5.13. The molecule has 19 heavy (non-hydrogen) atoms. The van der Waals surface area contributed by atoms with Crippen LogP contribution in [0.25, 0.3) is 0 Å². The minimum Gasteiger partial charge on any atom is -0.384 e. The minimum atomic E-state index is 0.419. The summed E-state index contributed by atoms with van der Waals surface area (Å²) in [5, 5.41) is 3.54. The Labute approximate surface area is 117 Å². The van der Waals surface area contributed by atoms with Crippen molar-refractivity contribution in [2.45, 2.75) is 45.1 Å². The summed E-state index contributed by atoms with van der Waals surface area (Å²) in [5.74, 6) is 0. The first-order chi connectivity index (χ1) is 9.19. The van der Waals surface area contributed by atoms with E-state index in [1.807, 2.05) is 0 Å². The fourth-order valence-electron chi connectivity index (χ4n) is 3.49. The number of ether oxygens (including phenoxy) is 1. The maximum Gasteiger partial charge on any atom is 0.0502 e. The predicted molar refractivity (Wildman–Crippen MR) is 80.4 cm³/mol. The largest absolute Gasteiger partial charge is 0.384 e. The molecule has 0 aliphatic heterocycles. The van der Waals surface area contributed by atoms with E-state index in [0.717, 1.165) is 13.0 Å². The molecule has 0 radical (unpaired) electrons. The van der Waals surface area contributed by atoms with Gasteiger partial charge in [-0.25, -0.2) is 0 Å². The molecule has 0 amide bonds. The van der Waals surface area contributed by atoms with Gasteiger partial charge in [-0.2, -0.15) is 0 Å². The van der Waals surface area contributed by atoms with E-state index in [1.54, 1.807) is 7.11 Å². The second-order valence-electron chi connectivity index (χ2n) is 6.07. The van der Waals surface area contributed by atoms with Crippen LogP contribution in [0.15, 0.2) is 24.3 Å². The molecule has 0 bridgehead atoms. The van der Waals surface area contributed by atoms with Crippen LogP contribution >= 0.6 is 0 Å². The molecule has 1 aromatic rings. The Bertz CT molecular complexity index is 379. The number of hydrogen-bond donors (Lipinski definition) is 1. The molecule has 0 heterocycles. The third-order valence-corrected chi connectivity index (χ3v) is 4.64. The Morgan fingerprint density at radius 1 is 1.21 bits per heavy atom. The minimum absolute atomic E-state index is 0.419. The molecule has 1 aliphatic carbocycles. The van der Waals surface area contributed by atoms with Gasteiger partial charge >= 0.3 is 0 Å². The second-order valence-corrected chi connectivity index (χ2v) is 6.07. The Hall–Kier alpha value is -0.860. The van der Waals surface area contributed by atoms with E-state index in [-0.39, 0.29) is 0 Å². The van der Waals surface area contributed by atoms with Crippen molar-refractivity contribution in [2.24, 2.45) is 5.41 Å². The SMILES string of the molecule is CNC(c1ccc(CCOC)cc1)C1(C)CCCC1. The van der Waals surface area contributed by atoms with Crippen molar-refractivity contribution in [3.05, 3.63) is 35.4 Å². The first kappa shape index (κ1) is 14.5. The quantitative estimate of drug-likeness (QED) is 0.842. The topological polar surface area (TPSA) is 21.3 Å². The van der Waals surface area contributed by atoms with Crippen molar-refractivity contribution in [1.29, 1.82) is 0 Å². The van der Waals surface area contributed by atoms with Gasteiger partial charge in [0.1, 0.15) is 0 Å². The van der Waals surface area contributed by atoms with Crippen molar-refractivity contribution < 1.29 is 4.74 Å². The molecule has 0 saturated heterocycles. The summed E-state index contributed by atoms with van der Waals surface area (Å²) in [6, 6.07) is 9.55. The van der Waals surface area contributed by atoms with Crippen LogP contribution in [0.2, 0.25) is 0 Å². The molecule has 1 N–H and O–H groups in total. The molecule has 106 valence electrons. The smallest absolute Gasteiger partial charge is 0.0502 e. The Kier molecular flexibility index (Phi) is 5.00. The Balaban J connectivity index is 2.10. The average molecular weight is 261 g/mol. The van der Waals surface area contributed by atoms with E-state index in [0.29, 0.717) is 11.5 Å². The number of nitrogens with one attached hydrogen (secondary N) is 1. The monoisotopic (exact) mass is 261 g/mol. The van der Waals surface area contributed by atoms with E-state index >= 15 is 0 Å².